The molecule has 1 amide bonds. The van der Waals surface area contributed by atoms with Gasteiger partial charge in [0.2, 0.25) is 0 Å². The monoisotopic (exact) mass is 339 g/mol. The van der Waals surface area contributed by atoms with Crippen LogP contribution < -0.4 is 5.32 Å². The summed E-state index contributed by atoms with van der Waals surface area (Å²) in [7, 11) is 0. The van der Waals surface area contributed by atoms with Crippen molar-refractivity contribution in [2.45, 2.75) is 25.6 Å². The summed E-state index contributed by atoms with van der Waals surface area (Å²) in [5, 5.41) is 2.40. The standard InChI is InChI=1S/C12H13BrF3NO2/c1-2-10(8-3-5-9(13)6-4-8)17-11(18)19-7-12(14,15)16/h3-6,10H,2,7H2,1H3,(H,17,18). The van der Waals surface area contributed by atoms with Crippen LogP contribution in [0.3, 0.4) is 0 Å². The summed E-state index contributed by atoms with van der Waals surface area (Å²) in [6.07, 6.45) is -5.05. The van der Waals surface area contributed by atoms with Gasteiger partial charge in [-0.1, -0.05) is 35.0 Å². The number of ether oxygens (including phenoxy) is 1. The molecule has 1 aromatic rings. The van der Waals surface area contributed by atoms with Crippen LogP contribution in [0.15, 0.2) is 28.7 Å². The molecule has 0 radical (unpaired) electrons. The van der Waals surface area contributed by atoms with E-state index in [-0.39, 0.29) is 6.04 Å². The van der Waals surface area contributed by atoms with Crippen molar-refractivity contribution in [1.29, 1.82) is 0 Å². The van der Waals surface area contributed by atoms with Crippen molar-refractivity contribution < 1.29 is 22.7 Å². The van der Waals surface area contributed by atoms with Crippen molar-refractivity contribution in [2.24, 2.45) is 0 Å². The second-order valence-corrected chi connectivity index (χ2v) is 4.76. The summed E-state index contributed by atoms with van der Waals surface area (Å²) in [4.78, 5) is 11.3. The topological polar surface area (TPSA) is 38.3 Å². The molecule has 0 saturated heterocycles. The molecule has 1 atom stereocenters. The molecule has 0 aliphatic rings. The third-order valence-corrected chi connectivity index (χ3v) is 2.87. The zero-order valence-corrected chi connectivity index (χ0v) is 11.7. The SMILES string of the molecule is CCC(NC(=O)OCC(F)(F)F)c1ccc(Br)cc1. The molecule has 0 heterocycles. The highest BCUT2D eigenvalue weighted by Gasteiger charge is 2.30. The normalized spacial score (nSPS) is 12.9. The van der Waals surface area contributed by atoms with Crippen LogP contribution in [0.1, 0.15) is 24.9 Å². The Morgan fingerprint density at radius 1 is 1.37 bits per heavy atom. The van der Waals surface area contributed by atoms with Gasteiger partial charge in [0, 0.05) is 4.47 Å². The largest absolute Gasteiger partial charge is 0.440 e. The van der Waals surface area contributed by atoms with E-state index in [2.05, 4.69) is 26.0 Å². The Bertz CT molecular complexity index is 420. The molecule has 0 spiro atoms. The minimum absolute atomic E-state index is 0.381. The van der Waals surface area contributed by atoms with E-state index in [1.807, 2.05) is 6.92 Å². The van der Waals surface area contributed by atoms with Gasteiger partial charge in [0.05, 0.1) is 6.04 Å². The predicted molar refractivity (Wildman–Crippen MR) is 67.7 cm³/mol. The van der Waals surface area contributed by atoms with E-state index in [4.69, 9.17) is 0 Å². The Balaban J connectivity index is 2.57. The fourth-order valence-corrected chi connectivity index (χ4v) is 1.71. The van der Waals surface area contributed by atoms with Crippen LogP contribution in [0.25, 0.3) is 0 Å². The van der Waals surface area contributed by atoms with Gasteiger partial charge >= 0.3 is 12.3 Å². The number of amides is 1. The van der Waals surface area contributed by atoms with Gasteiger partial charge < -0.3 is 10.1 Å². The molecule has 0 aliphatic carbocycles. The lowest BCUT2D eigenvalue weighted by Crippen LogP contribution is -2.31. The molecule has 7 heteroatoms. The van der Waals surface area contributed by atoms with Gasteiger partial charge in [0.25, 0.3) is 0 Å². The number of hydrogen-bond donors (Lipinski definition) is 1. The number of benzene rings is 1. The number of rotatable bonds is 4. The molecule has 106 valence electrons. The first-order valence-corrected chi connectivity index (χ1v) is 6.36. The maximum Gasteiger partial charge on any atom is 0.422 e. The van der Waals surface area contributed by atoms with Crippen LogP contribution >= 0.6 is 15.9 Å². The molecular weight excluding hydrogens is 327 g/mol. The molecular formula is C12H13BrF3NO2. The van der Waals surface area contributed by atoms with Gasteiger partial charge in [-0.2, -0.15) is 13.2 Å². The third kappa shape index (κ3) is 5.96. The van der Waals surface area contributed by atoms with Crippen LogP contribution in [0.5, 0.6) is 0 Å². The second kappa shape index (κ2) is 6.79. The highest BCUT2D eigenvalue weighted by Crippen LogP contribution is 2.20. The van der Waals surface area contributed by atoms with Gasteiger partial charge in [-0.05, 0) is 24.1 Å². The van der Waals surface area contributed by atoms with Gasteiger partial charge in [-0.3, -0.25) is 0 Å². The summed E-state index contributed by atoms with van der Waals surface area (Å²) in [5.41, 5.74) is 0.801. The molecule has 0 saturated carbocycles. The molecule has 0 bridgehead atoms. The third-order valence-electron chi connectivity index (χ3n) is 2.34. The summed E-state index contributed by atoms with van der Waals surface area (Å²) in [6.45, 7) is 0.229. The van der Waals surface area contributed by atoms with E-state index >= 15 is 0 Å². The van der Waals surface area contributed by atoms with E-state index in [0.717, 1.165) is 10.0 Å². The Hall–Kier alpha value is -1.24. The molecule has 0 aromatic heterocycles. The van der Waals surface area contributed by atoms with E-state index < -0.39 is 18.9 Å². The first-order valence-electron chi connectivity index (χ1n) is 5.57. The maximum atomic E-state index is 11.9. The zero-order chi connectivity index (χ0) is 14.5. The van der Waals surface area contributed by atoms with Crippen molar-refractivity contribution in [2.75, 3.05) is 6.61 Å². The molecule has 1 rings (SSSR count). The summed E-state index contributed by atoms with van der Waals surface area (Å²) < 4.78 is 40.7. The first-order chi connectivity index (χ1) is 8.81. The Morgan fingerprint density at radius 2 is 1.95 bits per heavy atom. The molecule has 1 unspecified atom stereocenters. The summed E-state index contributed by atoms with van der Waals surface area (Å²) >= 11 is 3.28. The number of carbonyl (C=O) groups is 1. The lowest BCUT2D eigenvalue weighted by atomic mass is 10.1. The number of carbonyl (C=O) groups excluding carboxylic acids is 1. The average Bonchev–Trinajstić information content (AvgIpc) is 2.34. The van der Waals surface area contributed by atoms with E-state index in [9.17, 15) is 18.0 Å². The van der Waals surface area contributed by atoms with Crippen LogP contribution in [0.4, 0.5) is 18.0 Å². The van der Waals surface area contributed by atoms with Crippen molar-refractivity contribution in [3.05, 3.63) is 34.3 Å². The van der Waals surface area contributed by atoms with Crippen LogP contribution in [0, 0.1) is 0 Å². The highest BCUT2D eigenvalue weighted by molar-refractivity contribution is 9.10. The smallest absolute Gasteiger partial charge is 0.422 e. The minimum Gasteiger partial charge on any atom is -0.440 e. The van der Waals surface area contributed by atoms with Crippen molar-refractivity contribution >= 4 is 22.0 Å². The van der Waals surface area contributed by atoms with Crippen LogP contribution in [-0.2, 0) is 4.74 Å². The number of nitrogens with one attached hydrogen (secondary N) is 1. The molecule has 0 aliphatic heterocycles. The molecule has 19 heavy (non-hydrogen) atoms. The zero-order valence-electron chi connectivity index (χ0n) is 10.1. The fraction of sp³-hybridized carbons (Fsp3) is 0.417. The Morgan fingerprint density at radius 3 is 2.42 bits per heavy atom. The first kappa shape index (κ1) is 15.8. The van der Waals surface area contributed by atoms with Gasteiger partial charge in [-0.25, -0.2) is 4.79 Å². The van der Waals surface area contributed by atoms with Crippen LogP contribution in [-0.4, -0.2) is 18.9 Å². The van der Waals surface area contributed by atoms with Crippen molar-refractivity contribution in [1.82, 2.24) is 5.32 Å². The Labute approximate surface area is 117 Å². The molecule has 0 fully saturated rings. The lowest BCUT2D eigenvalue weighted by Gasteiger charge is -2.17. The Kier molecular flexibility index (Phi) is 5.65. The maximum absolute atomic E-state index is 11.9. The van der Waals surface area contributed by atoms with E-state index in [1.54, 1.807) is 24.3 Å². The van der Waals surface area contributed by atoms with Crippen molar-refractivity contribution in [3.63, 3.8) is 0 Å². The minimum atomic E-state index is -4.52. The average molecular weight is 340 g/mol. The van der Waals surface area contributed by atoms with Crippen LogP contribution in [0.2, 0.25) is 0 Å². The van der Waals surface area contributed by atoms with Gasteiger partial charge in [-0.15, -0.1) is 0 Å². The number of alkyl halides is 3. The summed E-state index contributed by atoms with van der Waals surface area (Å²) in [5.74, 6) is 0. The van der Waals surface area contributed by atoms with Gasteiger partial charge in [0.1, 0.15) is 0 Å². The predicted octanol–water partition coefficient (Wildman–Crippen LogP) is 4.19. The highest BCUT2D eigenvalue weighted by atomic mass is 79.9. The van der Waals surface area contributed by atoms with E-state index in [1.165, 1.54) is 0 Å². The van der Waals surface area contributed by atoms with Crippen molar-refractivity contribution in [3.8, 4) is 0 Å². The number of hydrogen-bond acceptors (Lipinski definition) is 2. The number of alkyl carbamates (subject to hydrolysis) is 1. The van der Waals surface area contributed by atoms with E-state index in [0.29, 0.717) is 6.42 Å². The molecule has 1 aromatic carbocycles. The van der Waals surface area contributed by atoms with Gasteiger partial charge in [0.15, 0.2) is 6.61 Å². The molecule has 1 N–H and O–H groups in total. The summed E-state index contributed by atoms with van der Waals surface area (Å²) in [6, 6.07) is 6.76. The fourth-order valence-electron chi connectivity index (χ4n) is 1.45. The molecule has 3 nitrogen and oxygen atoms in total. The quantitative estimate of drug-likeness (QED) is 0.893. The number of halogens is 4. The lowest BCUT2D eigenvalue weighted by molar-refractivity contribution is -0.160. The second-order valence-electron chi connectivity index (χ2n) is 3.85.